The Morgan fingerprint density at radius 1 is 1.46 bits per heavy atom. The van der Waals surface area contributed by atoms with Gasteiger partial charge in [0.25, 0.3) is 5.91 Å². The van der Waals surface area contributed by atoms with Crippen LogP contribution in [0.4, 0.5) is 13.2 Å². The molecule has 0 bridgehead atoms. The van der Waals surface area contributed by atoms with Gasteiger partial charge in [0.15, 0.2) is 12.3 Å². The highest BCUT2D eigenvalue weighted by atomic mass is 19.4. The molecule has 0 atom stereocenters. The number of hydrogen-bond donors (Lipinski definition) is 1. The van der Waals surface area contributed by atoms with E-state index in [9.17, 15) is 18.0 Å². The predicted molar refractivity (Wildman–Crippen MR) is 73.8 cm³/mol. The number of carbonyl (C=O) groups excluding carboxylic acids is 1. The summed E-state index contributed by atoms with van der Waals surface area (Å²) in [4.78, 5) is 15.6. The van der Waals surface area contributed by atoms with E-state index < -0.39 is 29.8 Å². The van der Waals surface area contributed by atoms with Crippen LogP contribution in [0.25, 0.3) is 5.65 Å². The number of nitrogens with one attached hydrogen (secondary N) is 1. The molecule has 0 unspecified atom stereocenters. The fourth-order valence-corrected chi connectivity index (χ4v) is 2.40. The Hall–Kier alpha value is -2.83. The van der Waals surface area contributed by atoms with E-state index in [4.69, 9.17) is 10.00 Å². The minimum Gasteiger partial charge on any atom is -0.467 e. The zero-order chi connectivity index (χ0) is 17.4. The molecule has 1 amide bonds. The van der Waals surface area contributed by atoms with Gasteiger partial charge in [-0.15, -0.1) is 0 Å². The van der Waals surface area contributed by atoms with Crippen molar-refractivity contribution in [1.29, 1.82) is 5.26 Å². The largest absolute Gasteiger partial charge is 0.467 e. The lowest BCUT2D eigenvalue weighted by Gasteiger charge is -2.35. The quantitative estimate of drug-likeness (QED) is 0.915. The molecule has 2 aromatic heterocycles. The number of nitriles is 1. The SMILES string of the molecule is N#CC1(NC(=O)COc2cc(C(F)(F)F)cc3ncnn23)CCC1. The van der Waals surface area contributed by atoms with Crippen LogP contribution < -0.4 is 10.1 Å². The summed E-state index contributed by atoms with van der Waals surface area (Å²) >= 11 is 0. The number of nitrogens with zero attached hydrogens (tertiary/aromatic N) is 4. The summed E-state index contributed by atoms with van der Waals surface area (Å²) in [5.41, 5.74) is -1.89. The highest BCUT2D eigenvalue weighted by Crippen LogP contribution is 2.33. The topological polar surface area (TPSA) is 92.3 Å². The Bertz CT molecular complexity index is 820. The molecule has 24 heavy (non-hydrogen) atoms. The number of halogens is 3. The van der Waals surface area contributed by atoms with Crippen LogP contribution in [0.2, 0.25) is 0 Å². The third kappa shape index (κ3) is 2.97. The van der Waals surface area contributed by atoms with Gasteiger partial charge >= 0.3 is 6.18 Å². The van der Waals surface area contributed by atoms with Crippen molar-refractivity contribution in [2.75, 3.05) is 6.61 Å². The van der Waals surface area contributed by atoms with E-state index in [0.29, 0.717) is 12.8 Å². The van der Waals surface area contributed by atoms with Gasteiger partial charge in [-0.25, -0.2) is 4.98 Å². The van der Waals surface area contributed by atoms with Gasteiger partial charge in [-0.3, -0.25) is 4.79 Å². The fourth-order valence-electron chi connectivity index (χ4n) is 2.40. The molecule has 7 nitrogen and oxygen atoms in total. The van der Waals surface area contributed by atoms with Crippen molar-refractivity contribution >= 4 is 11.6 Å². The number of pyridine rings is 1. The minimum atomic E-state index is -4.58. The zero-order valence-corrected chi connectivity index (χ0v) is 12.3. The number of ether oxygens (including phenoxy) is 1. The van der Waals surface area contributed by atoms with Crippen LogP contribution >= 0.6 is 0 Å². The minimum absolute atomic E-state index is 0.0484. The summed E-state index contributed by atoms with van der Waals surface area (Å²) in [5.74, 6) is -0.839. The first-order valence-corrected chi connectivity index (χ1v) is 7.09. The summed E-state index contributed by atoms with van der Waals surface area (Å²) in [5, 5.41) is 15.4. The molecular weight excluding hydrogens is 327 g/mol. The molecule has 3 rings (SSSR count). The third-order valence-corrected chi connectivity index (χ3v) is 3.82. The van der Waals surface area contributed by atoms with Crippen molar-refractivity contribution in [3.8, 4) is 11.9 Å². The molecular formula is C14H12F3N5O2. The Morgan fingerprint density at radius 3 is 2.79 bits per heavy atom. The Morgan fingerprint density at radius 2 is 2.21 bits per heavy atom. The maximum Gasteiger partial charge on any atom is 0.416 e. The van der Waals surface area contributed by atoms with E-state index in [-0.39, 0.29) is 11.5 Å². The van der Waals surface area contributed by atoms with E-state index in [1.165, 1.54) is 0 Å². The van der Waals surface area contributed by atoms with Gasteiger partial charge in [0.1, 0.15) is 11.9 Å². The summed E-state index contributed by atoms with van der Waals surface area (Å²) in [6, 6.07) is 3.62. The van der Waals surface area contributed by atoms with E-state index >= 15 is 0 Å². The molecule has 1 aliphatic carbocycles. The van der Waals surface area contributed by atoms with Gasteiger partial charge in [-0.1, -0.05) is 0 Å². The van der Waals surface area contributed by atoms with E-state index in [1.807, 2.05) is 6.07 Å². The fraction of sp³-hybridized carbons (Fsp3) is 0.429. The molecule has 1 aliphatic rings. The van der Waals surface area contributed by atoms with Crippen LogP contribution in [0.3, 0.4) is 0 Å². The maximum atomic E-state index is 12.9. The van der Waals surface area contributed by atoms with Crippen LogP contribution in [0.1, 0.15) is 24.8 Å². The van der Waals surface area contributed by atoms with Crippen molar-refractivity contribution in [3.05, 3.63) is 24.0 Å². The van der Waals surface area contributed by atoms with Crippen molar-refractivity contribution in [3.63, 3.8) is 0 Å². The zero-order valence-electron chi connectivity index (χ0n) is 12.3. The second-order valence-corrected chi connectivity index (χ2v) is 5.49. The number of aromatic nitrogens is 3. The second kappa shape index (κ2) is 5.67. The number of hydrogen-bond acceptors (Lipinski definition) is 5. The standard InChI is InChI=1S/C14H12F3N5O2/c15-14(16,17)9-4-10-19-8-20-22(10)12(5-9)24-6-11(23)21-13(7-18)2-1-3-13/h4-5,8H,1-3,6H2,(H,21,23). The molecule has 2 aromatic rings. The average molecular weight is 339 g/mol. The molecule has 1 saturated carbocycles. The lowest BCUT2D eigenvalue weighted by atomic mass is 9.78. The smallest absolute Gasteiger partial charge is 0.416 e. The van der Waals surface area contributed by atoms with E-state index in [0.717, 1.165) is 29.4 Å². The molecule has 10 heteroatoms. The number of amides is 1. The summed E-state index contributed by atoms with van der Waals surface area (Å²) < 4.78 is 44.9. The summed E-state index contributed by atoms with van der Waals surface area (Å²) in [7, 11) is 0. The number of fused-ring (bicyclic) bond motifs is 1. The highest BCUT2D eigenvalue weighted by Gasteiger charge is 2.38. The van der Waals surface area contributed by atoms with Crippen molar-refractivity contribution in [2.24, 2.45) is 0 Å². The lowest BCUT2D eigenvalue weighted by molar-refractivity contribution is -0.137. The van der Waals surface area contributed by atoms with Gasteiger partial charge in [-0.05, 0) is 25.3 Å². The first-order valence-electron chi connectivity index (χ1n) is 7.09. The van der Waals surface area contributed by atoms with E-state index in [1.54, 1.807) is 0 Å². The lowest BCUT2D eigenvalue weighted by Crippen LogP contribution is -2.53. The van der Waals surface area contributed by atoms with Crippen molar-refractivity contribution < 1.29 is 22.7 Å². The molecule has 0 aliphatic heterocycles. The van der Waals surface area contributed by atoms with Gasteiger partial charge in [0, 0.05) is 6.07 Å². The van der Waals surface area contributed by atoms with Gasteiger partial charge in [0.05, 0.1) is 11.6 Å². The first-order chi connectivity index (χ1) is 11.3. The highest BCUT2D eigenvalue weighted by molar-refractivity contribution is 5.79. The Kier molecular flexibility index (Phi) is 3.79. The number of alkyl halides is 3. The second-order valence-electron chi connectivity index (χ2n) is 5.49. The predicted octanol–water partition coefficient (Wildman–Crippen LogP) is 1.69. The maximum absolute atomic E-state index is 12.9. The van der Waals surface area contributed by atoms with Gasteiger partial charge in [-0.2, -0.15) is 28.0 Å². The summed E-state index contributed by atoms with van der Waals surface area (Å²) in [6.07, 6.45) is -1.56. The monoisotopic (exact) mass is 339 g/mol. The average Bonchev–Trinajstić information content (AvgIpc) is 2.96. The normalized spacial score (nSPS) is 16.2. The Labute approximate surface area is 134 Å². The molecule has 0 radical (unpaired) electrons. The van der Waals surface area contributed by atoms with E-state index in [2.05, 4.69) is 15.4 Å². The Balaban J connectivity index is 1.76. The number of carbonyl (C=O) groups is 1. The molecule has 1 fully saturated rings. The van der Waals surface area contributed by atoms with Crippen molar-refractivity contribution in [2.45, 2.75) is 31.0 Å². The summed E-state index contributed by atoms with van der Waals surface area (Å²) in [6.45, 7) is -0.528. The van der Waals surface area contributed by atoms with Crippen LogP contribution in [0, 0.1) is 11.3 Å². The molecule has 0 aromatic carbocycles. The molecule has 126 valence electrons. The third-order valence-electron chi connectivity index (χ3n) is 3.82. The molecule has 1 N–H and O–H groups in total. The van der Waals surface area contributed by atoms with Crippen LogP contribution in [0.15, 0.2) is 18.5 Å². The first kappa shape index (κ1) is 16.0. The number of rotatable bonds is 4. The molecule has 2 heterocycles. The van der Waals surface area contributed by atoms with Crippen LogP contribution in [-0.2, 0) is 11.0 Å². The van der Waals surface area contributed by atoms with Gasteiger partial charge < -0.3 is 10.1 Å². The molecule has 0 saturated heterocycles. The van der Waals surface area contributed by atoms with Gasteiger partial charge in [0.2, 0.25) is 5.88 Å². The van der Waals surface area contributed by atoms with Crippen molar-refractivity contribution in [1.82, 2.24) is 19.9 Å². The van der Waals surface area contributed by atoms with Crippen LogP contribution in [0.5, 0.6) is 5.88 Å². The molecule has 0 spiro atoms. The van der Waals surface area contributed by atoms with Crippen LogP contribution in [-0.4, -0.2) is 32.7 Å².